The van der Waals surface area contributed by atoms with Crippen molar-refractivity contribution in [2.24, 2.45) is 11.3 Å². The molecule has 162 valence electrons. The molecule has 2 aromatic rings. The second-order valence-corrected chi connectivity index (χ2v) is 10.7. The predicted molar refractivity (Wildman–Crippen MR) is 131 cm³/mol. The van der Waals surface area contributed by atoms with Gasteiger partial charge in [-0.15, -0.1) is 0 Å². The summed E-state index contributed by atoms with van der Waals surface area (Å²) in [6.07, 6.45) is 10.6. The second kappa shape index (κ2) is 7.29. The van der Waals surface area contributed by atoms with Gasteiger partial charge in [0, 0.05) is 16.8 Å². The molecule has 2 aliphatic heterocycles. The Kier molecular flexibility index (Phi) is 4.80. The normalized spacial score (nSPS) is 26.3. The SMILES string of the molecule is CC1=C2C=CC(c3ccccc3)(C3CCCC3)N2C(C(C)(C)C)N1c1ccccc1C. The smallest absolute Gasteiger partial charge is 0.112 e. The molecule has 0 aromatic heterocycles. The number of rotatable bonds is 3. The first kappa shape index (κ1) is 20.4. The third kappa shape index (κ3) is 2.98. The predicted octanol–water partition coefficient (Wildman–Crippen LogP) is 7.38. The number of hydrogen-bond acceptors (Lipinski definition) is 2. The van der Waals surface area contributed by atoms with E-state index >= 15 is 0 Å². The molecule has 0 spiro atoms. The molecule has 0 amide bonds. The van der Waals surface area contributed by atoms with Gasteiger partial charge in [-0.05, 0) is 55.9 Å². The third-order valence-corrected chi connectivity index (χ3v) is 7.74. The molecule has 2 atom stereocenters. The van der Waals surface area contributed by atoms with Crippen LogP contribution in [0.15, 0.2) is 78.1 Å². The Labute approximate surface area is 188 Å². The summed E-state index contributed by atoms with van der Waals surface area (Å²) in [6, 6.07) is 20.2. The number of hydrogen-bond donors (Lipinski definition) is 0. The minimum Gasteiger partial charge on any atom is -0.335 e. The van der Waals surface area contributed by atoms with Crippen LogP contribution in [-0.2, 0) is 5.54 Å². The molecule has 3 aliphatic rings. The van der Waals surface area contributed by atoms with E-state index in [9.17, 15) is 0 Å². The van der Waals surface area contributed by atoms with E-state index in [1.165, 1.54) is 53.9 Å². The number of anilines is 1. The molecule has 2 heteroatoms. The topological polar surface area (TPSA) is 6.48 Å². The highest BCUT2D eigenvalue weighted by molar-refractivity contribution is 5.64. The molecular formula is C29H36N2. The maximum Gasteiger partial charge on any atom is 0.112 e. The molecule has 0 saturated heterocycles. The Morgan fingerprint density at radius 3 is 2.16 bits per heavy atom. The lowest BCUT2D eigenvalue weighted by Gasteiger charge is -2.52. The zero-order valence-corrected chi connectivity index (χ0v) is 19.7. The van der Waals surface area contributed by atoms with Crippen LogP contribution >= 0.6 is 0 Å². The van der Waals surface area contributed by atoms with Crippen molar-refractivity contribution < 1.29 is 0 Å². The van der Waals surface area contributed by atoms with Crippen molar-refractivity contribution in [1.82, 2.24) is 4.90 Å². The summed E-state index contributed by atoms with van der Waals surface area (Å²) in [5.74, 6) is 0.651. The summed E-state index contributed by atoms with van der Waals surface area (Å²) in [6.45, 7) is 11.8. The quantitative estimate of drug-likeness (QED) is 0.519. The minimum atomic E-state index is -0.0657. The van der Waals surface area contributed by atoms with E-state index in [1.807, 2.05) is 0 Å². The van der Waals surface area contributed by atoms with Crippen LogP contribution in [0, 0.1) is 18.3 Å². The molecule has 1 saturated carbocycles. The lowest BCUT2D eigenvalue weighted by atomic mass is 9.75. The summed E-state index contributed by atoms with van der Waals surface area (Å²) in [5, 5.41) is 0. The minimum absolute atomic E-state index is 0.0657. The van der Waals surface area contributed by atoms with Crippen LogP contribution in [-0.4, -0.2) is 11.1 Å². The van der Waals surface area contributed by atoms with Crippen LogP contribution in [0.25, 0.3) is 0 Å². The Morgan fingerprint density at radius 2 is 1.52 bits per heavy atom. The maximum atomic E-state index is 2.81. The van der Waals surface area contributed by atoms with Crippen LogP contribution in [0.4, 0.5) is 5.69 Å². The van der Waals surface area contributed by atoms with Gasteiger partial charge in [-0.25, -0.2) is 0 Å². The van der Waals surface area contributed by atoms with Crippen molar-refractivity contribution >= 4 is 5.69 Å². The Morgan fingerprint density at radius 1 is 0.871 bits per heavy atom. The Hall–Kier alpha value is -2.48. The fourth-order valence-corrected chi connectivity index (χ4v) is 6.41. The summed E-state index contributed by atoms with van der Waals surface area (Å²) in [4.78, 5) is 5.43. The van der Waals surface area contributed by atoms with Crippen molar-refractivity contribution in [2.45, 2.75) is 72.0 Å². The summed E-state index contributed by atoms with van der Waals surface area (Å²) >= 11 is 0. The molecule has 0 N–H and O–H groups in total. The average molecular weight is 413 g/mol. The number of benzene rings is 2. The molecule has 2 heterocycles. The molecule has 0 radical (unpaired) electrons. The number of allylic oxidation sites excluding steroid dienone is 2. The number of nitrogens with zero attached hydrogens (tertiary/aromatic N) is 2. The van der Waals surface area contributed by atoms with Crippen LogP contribution in [0.2, 0.25) is 0 Å². The van der Waals surface area contributed by atoms with Gasteiger partial charge < -0.3 is 9.80 Å². The van der Waals surface area contributed by atoms with Crippen LogP contribution < -0.4 is 4.90 Å². The molecule has 1 aliphatic carbocycles. The summed E-state index contributed by atoms with van der Waals surface area (Å²) < 4.78 is 0. The molecular weight excluding hydrogens is 376 g/mol. The Bertz CT molecular complexity index is 1020. The number of fused-ring (bicyclic) bond motifs is 1. The molecule has 0 bridgehead atoms. The van der Waals surface area contributed by atoms with Gasteiger partial charge in [0.05, 0.1) is 11.2 Å². The highest BCUT2D eigenvalue weighted by Crippen LogP contribution is 2.57. The standard InChI is InChI=1S/C29H36N2/c1-21-13-9-12-18-25(21)30-22(2)26-19-20-29(24-16-10-11-17-24,23-14-7-6-8-15-23)31(26)27(30)28(3,4)5/h6-9,12-15,18-20,24,27H,10-11,16-17H2,1-5H3. The molecule has 1 fully saturated rings. The molecule has 2 nitrogen and oxygen atoms in total. The van der Waals surface area contributed by atoms with Crippen LogP contribution in [0.1, 0.15) is 64.5 Å². The zero-order chi connectivity index (χ0) is 21.8. The van der Waals surface area contributed by atoms with Gasteiger partial charge in [0.2, 0.25) is 0 Å². The summed E-state index contributed by atoms with van der Waals surface area (Å²) in [7, 11) is 0. The van der Waals surface area contributed by atoms with Gasteiger partial charge in [-0.1, -0.05) is 88.2 Å². The average Bonchev–Trinajstić information content (AvgIpc) is 3.46. The van der Waals surface area contributed by atoms with E-state index in [2.05, 4.69) is 111 Å². The molecule has 2 unspecified atom stereocenters. The third-order valence-electron chi connectivity index (χ3n) is 7.74. The highest BCUT2D eigenvalue weighted by atomic mass is 15.5. The van der Waals surface area contributed by atoms with Crippen molar-refractivity contribution in [1.29, 1.82) is 0 Å². The van der Waals surface area contributed by atoms with Crippen LogP contribution in [0.5, 0.6) is 0 Å². The zero-order valence-electron chi connectivity index (χ0n) is 19.7. The van der Waals surface area contributed by atoms with Gasteiger partial charge in [0.1, 0.15) is 6.17 Å². The Balaban J connectivity index is 1.74. The number of para-hydroxylation sites is 1. The van der Waals surface area contributed by atoms with E-state index < -0.39 is 0 Å². The lowest BCUT2D eigenvalue weighted by molar-refractivity contribution is 0.0423. The fraction of sp³-hybridized carbons (Fsp3) is 0.448. The lowest BCUT2D eigenvalue weighted by Crippen LogP contribution is -2.57. The van der Waals surface area contributed by atoms with Crippen molar-refractivity contribution in [3.63, 3.8) is 0 Å². The van der Waals surface area contributed by atoms with Gasteiger partial charge in [-0.2, -0.15) is 0 Å². The first-order chi connectivity index (χ1) is 14.9. The number of aryl methyl sites for hydroxylation is 1. The van der Waals surface area contributed by atoms with Crippen molar-refractivity contribution in [3.8, 4) is 0 Å². The first-order valence-corrected chi connectivity index (χ1v) is 12.0. The maximum absolute atomic E-state index is 2.81. The summed E-state index contributed by atoms with van der Waals surface area (Å²) in [5.41, 5.74) is 6.92. The fourth-order valence-electron chi connectivity index (χ4n) is 6.41. The monoisotopic (exact) mass is 412 g/mol. The largest absolute Gasteiger partial charge is 0.335 e. The van der Waals surface area contributed by atoms with E-state index in [4.69, 9.17) is 0 Å². The van der Waals surface area contributed by atoms with E-state index in [1.54, 1.807) is 0 Å². The molecule has 2 aromatic carbocycles. The van der Waals surface area contributed by atoms with Crippen molar-refractivity contribution in [2.75, 3.05) is 4.90 Å². The highest BCUT2D eigenvalue weighted by Gasteiger charge is 2.57. The van der Waals surface area contributed by atoms with Gasteiger partial charge in [-0.3, -0.25) is 0 Å². The van der Waals surface area contributed by atoms with E-state index in [0.717, 1.165) is 0 Å². The first-order valence-electron chi connectivity index (χ1n) is 12.0. The molecule has 5 rings (SSSR count). The van der Waals surface area contributed by atoms with Gasteiger partial charge in [0.25, 0.3) is 0 Å². The van der Waals surface area contributed by atoms with Gasteiger partial charge in [0.15, 0.2) is 0 Å². The second-order valence-electron chi connectivity index (χ2n) is 10.7. The van der Waals surface area contributed by atoms with Crippen molar-refractivity contribution in [3.05, 3.63) is 89.3 Å². The molecule has 31 heavy (non-hydrogen) atoms. The van der Waals surface area contributed by atoms with Gasteiger partial charge >= 0.3 is 0 Å². The van der Waals surface area contributed by atoms with E-state index in [-0.39, 0.29) is 17.1 Å². The van der Waals surface area contributed by atoms with E-state index in [0.29, 0.717) is 5.92 Å². The van der Waals surface area contributed by atoms with Crippen LogP contribution in [0.3, 0.4) is 0 Å².